The number of anilines is 2. The summed E-state index contributed by atoms with van der Waals surface area (Å²) in [7, 11) is 0. The molecule has 0 radical (unpaired) electrons. The molecule has 0 aliphatic carbocycles. The number of alkyl halides is 1. The van der Waals surface area contributed by atoms with Crippen LogP contribution >= 0.6 is 23.1 Å². The maximum atomic E-state index is 12.1. The maximum absolute atomic E-state index is 12.1. The van der Waals surface area contributed by atoms with E-state index in [0.717, 1.165) is 9.90 Å². The minimum atomic E-state index is -0.408. The average molecular weight is 292 g/mol. The van der Waals surface area contributed by atoms with Gasteiger partial charge in [-0.05, 0) is 19.6 Å². The fraction of sp³-hybridized carbons (Fsp3) is 0.545. The van der Waals surface area contributed by atoms with Crippen molar-refractivity contribution in [3.63, 3.8) is 0 Å². The lowest BCUT2D eigenvalue weighted by atomic mass is 10.4. The first-order valence-electron chi connectivity index (χ1n) is 5.58. The van der Waals surface area contributed by atoms with E-state index in [1.165, 1.54) is 23.1 Å². The van der Waals surface area contributed by atoms with E-state index >= 15 is 0 Å². The lowest BCUT2D eigenvalue weighted by molar-refractivity contribution is 0.0533. The van der Waals surface area contributed by atoms with E-state index in [-0.39, 0.29) is 6.67 Å². The molecule has 4 nitrogen and oxygen atoms in total. The number of rotatable bonds is 7. The van der Waals surface area contributed by atoms with Gasteiger partial charge in [-0.2, -0.15) is 0 Å². The summed E-state index contributed by atoms with van der Waals surface area (Å²) in [6, 6.07) is 0. The van der Waals surface area contributed by atoms with Gasteiger partial charge in [0.1, 0.15) is 9.88 Å². The summed E-state index contributed by atoms with van der Waals surface area (Å²) in [4.78, 5) is 12.9. The second-order valence-electron chi connectivity index (χ2n) is 3.40. The molecular formula is C11H17FN2O2S2. The molecule has 0 unspecified atom stereocenters. The van der Waals surface area contributed by atoms with Crippen LogP contribution in [0.25, 0.3) is 0 Å². The van der Waals surface area contributed by atoms with Gasteiger partial charge in [-0.25, -0.2) is 4.79 Å². The molecule has 0 aliphatic rings. The Morgan fingerprint density at radius 3 is 2.89 bits per heavy atom. The number of nitrogen functional groups attached to an aromatic ring is 1. The van der Waals surface area contributed by atoms with Crippen molar-refractivity contribution in [2.24, 2.45) is 0 Å². The van der Waals surface area contributed by atoms with Gasteiger partial charge in [0, 0.05) is 6.54 Å². The van der Waals surface area contributed by atoms with Crippen LogP contribution in [0.2, 0.25) is 0 Å². The third kappa shape index (κ3) is 3.52. The van der Waals surface area contributed by atoms with E-state index in [4.69, 9.17) is 10.5 Å². The van der Waals surface area contributed by atoms with Gasteiger partial charge in [0.2, 0.25) is 0 Å². The molecule has 102 valence electrons. The van der Waals surface area contributed by atoms with Gasteiger partial charge in [0.25, 0.3) is 0 Å². The van der Waals surface area contributed by atoms with E-state index in [2.05, 4.69) is 5.32 Å². The molecule has 1 aromatic rings. The maximum Gasteiger partial charge on any atom is 0.350 e. The quantitative estimate of drug-likeness (QED) is 0.459. The number of carbonyl (C=O) groups is 1. The lowest BCUT2D eigenvalue weighted by Gasteiger charge is -2.04. The predicted octanol–water partition coefficient (Wildman–Crippen LogP) is 3.00. The van der Waals surface area contributed by atoms with Crippen LogP contribution in [-0.2, 0) is 4.74 Å². The highest BCUT2D eigenvalue weighted by Gasteiger charge is 2.21. The molecule has 1 heterocycles. The van der Waals surface area contributed by atoms with Crippen molar-refractivity contribution >= 4 is 39.8 Å². The topological polar surface area (TPSA) is 64.3 Å². The Hall–Kier alpha value is -0.950. The third-order valence-corrected chi connectivity index (χ3v) is 4.27. The van der Waals surface area contributed by atoms with Crippen molar-refractivity contribution in [3.05, 3.63) is 4.88 Å². The zero-order chi connectivity index (χ0) is 13.5. The molecule has 0 saturated heterocycles. The standard InChI is InChI=1S/C11H17FN2O2S2/c1-3-16-11(15)9-7(13)8(17-2)10(18-9)14-6-4-5-12/h14H,3-6,13H2,1-2H3. The summed E-state index contributed by atoms with van der Waals surface area (Å²) >= 11 is 2.71. The number of nitrogens with one attached hydrogen (secondary N) is 1. The number of hydrogen-bond acceptors (Lipinski definition) is 6. The third-order valence-electron chi connectivity index (χ3n) is 2.16. The molecule has 3 N–H and O–H groups in total. The van der Waals surface area contributed by atoms with Crippen molar-refractivity contribution in [1.82, 2.24) is 0 Å². The van der Waals surface area contributed by atoms with E-state index in [0.29, 0.717) is 30.1 Å². The first-order chi connectivity index (χ1) is 8.65. The van der Waals surface area contributed by atoms with Crippen LogP contribution in [-0.4, -0.2) is 32.1 Å². The minimum Gasteiger partial charge on any atom is -0.462 e. The van der Waals surface area contributed by atoms with Gasteiger partial charge < -0.3 is 15.8 Å². The Balaban J connectivity index is 2.90. The smallest absolute Gasteiger partial charge is 0.350 e. The lowest BCUT2D eigenvalue weighted by Crippen LogP contribution is -2.04. The Morgan fingerprint density at radius 1 is 1.61 bits per heavy atom. The van der Waals surface area contributed by atoms with Gasteiger partial charge in [0.15, 0.2) is 0 Å². The van der Waals surface area contributed by atoms with Crippen molar-refractivity contribution in [1.29, 1.82) is 0 Å². The number of hydrogen-bond donors (Lipinski definition) is 2. The van der Waals surface area contributed by atoms with Crippen LogP contribution in [0, 0.1) is 0 Å². The minimum absolute atomic E-state index is 0.315. The normalized spacial score (nSPS) is 10.4. The molecule has 0 aromatic carbocycles. The van der Waals surface area contributed by atoms with E-state index < -0.39 is 5.97 Å². The highest BCUT2D eigenvalue weighted by molar-refractivity contribution is 7.99. The number of esters is 1. The highest BCUT2D eigenvalue weighted by atomic mass is 32.2. The van der Waals surface area contributed by atoms with E-state index in [1.54, 1.807) is 6.92 Å². The highest BCUT2D eigenvalue weighted by Crippen LogP contribution is 2.41. The van der Waals surface area contributed by atoms with Crippen molar-refractivity contribution in [2.45, 2.75) is 18.2 Å². The fourth-order valence-corrected chi connectivity index (χ4v) is 3.32. The van der Waals surface area contributed by atoms with Crippen molar-refractivity contribution in [2.75, 3.05) is 37.1 Å². The Kier molecular flexibility index (Phi) is 6.28. The molecule has 0 atom stereocenters. The van der Waals surface area contributed by atoms with E-state index in [1.807, 2.05) is 6.26 Å². The molecule has 0 amide bonds. The number of ether oxygens (including phenoxy) is 1. The Bertz CT molecular complexity index is 410. The molecule has 0 spiro atoms. The predicted molar refractivity (Wildman–Crippen MR) is 75.6 cm³/mol. The summed E-state index contributed by atoms with van der Waals surface area (Å²) in [6.07, 6.45) is 2.31. The first-order valence-corrected chi connectivity index (χ1v) is 7.63. The zero-order valence-electron chi connectivity index (χ0n) is 10.4. The second kappa shape index (κ2) is 7.48. The second-order valence-corrected chi connectivity index (χ2v) is 5.23. The van der Waals surface area contributed by atoms with Gasteiger partial charge in [-0.15, -0.1) is 23.1 Å². The van der Waals surface area contributed by atoms with Crippen LogP contribution in [0.15, 0.2) is 4.90 Å². The summed E-state index contributed by atoms with van der Waals surface area (Å²) < 4.78 is 17.0. The largest absolute Gasteiger partial charge is 0.462 e. The van der Waals surface area contributed by atoms with Crippen molar-refractivity contribution in [3.8, 4) is 0 Å². The molecule has 0 saturated carbocycles. The number of carbonyl (C=O) groups excluding carboxylic acids is 1. The fourth-order valence-electron chi connectivity index (χ4n) is 1.36. The van der Waals surface area contributed by atoms with E-state index in [9.17, 15) is 9.18 Å². The molecule has 1 aromatic heterocycles. The molecule has 7 heteroatoms. The molecular weight excluding hydrogens is 275 g/mol. The molecule has 1 rings (SSSR count). The van der Waals surface area contributed by atoms with Crippen LogP contribution in [0.4, 0.5) is 15.1 Å². The van der Waals surface area contributed by atoms with Crippen LogP contribution in [0.1, 0.15) is 23.0 Å². The molecule has 18 heavy (non-hydrogen) atoms. The Labute approximate surface area is 114 Å². The SMILES string of the molecule is CCOC(=O)c1sc(NCCCF)c(SC)c1N. The van der Waals surface area contributed by atoms with Crippen LogP contribution in [0.3, 0.4) is 0 Å². The Morgan fingerprint density at radius 2 is 2.33 bits per heavy atom. The summed E-state index contributed by atoms with van der Waals surface area (Å²) in [5, 5.41) is 3.90. The van der Waals surface area contributed by atoms with Gasteiger partial charge in [-0.1, -0.05) is 0 Å². The van der Waals surface area contributed by atoms with Crippen molar-refractivity contribution < 1.29 is 13.9 Å². The number of thioether (sulfide) groups is 1. The first kappa shape index (κ1) is 15.1. The summed E-state index contributed by atoms with van der Waals surface area (Å²) in [5.74, 6) is -0.408. The molecule has 0 bridgehead atoms. The summed E-state index contributed by atoms with van der Waals surface area (Å²) in [6.45, 7) is 2.21. The van der Waals surface area contributed by atoms with Crippen LogP contribution in [0.5, 0.6) is 0 Å². The number of halogens is 1. The molecule has 0 aliphatic heterocycles. The van der Waals surface area contributed by atoms with Gasteiger partial charge >= 0.3 is 5.97 Å². The zero-order valence-corrected chi connectivity index (χ0v) is 12.0. The van der Waals surface area contributed by atoms with Gasteiger partial charge in [-0.3, -0.25) is 4.39 Å². The number of nitrogens with two attached hydrogens (primary N) is 1. The summed E-state index contributed by atoms with van der Waals surface area (Å²) in [5.41, 5.74) is 6.36. The van der Waals surface area contributed by atoms with Crippen LogP contribution < -0.4 is 11.1 Å². The van der Waals surface area contributed by atoms with Gasteiger partial charge in [0.05, 0.1) is 23.9 Å². The average Bonchev–Trinajstić information content (AvgIpc) is 2.66. The molecule has 0 fully saturated rings. The monoisotopic (exact) mass is 292 g/mol. The number of thiophene rings is 1.